The number of hydrogen-bond donors (Lipinski definition) is 1. The van der Waals surface area contributed by atoms with Gasteiger partial charge in [0.25, 0.3) is 5.91 Å². The molecule has 6 heteroatoms. The van der Waals surface area contributed by atoms with E-state index in [1.807, 2.05) is 18.2 Å². The summed E-state index contributed by atoms with van der Waals surface area (Å²) in [6.45, 7) is -0.143. The van der Waals surface area contributed by atoms with Crippen LogP contribution in [0.3, 0.4) is 0 Å². The predicted molar refractivity (Wildman–Crippen MR) is 72.5 cm³/mol. The summed E-state index contributed by atoms with van der Waals surface area (Å²) in [7, 11) is 0. The van der Waals surface area contributed by atoms with Crippen molar-refractivity contribution in [1.29, 1.82) is 0 Å². The van der Waals surface area contributed by atoms with E-state index >= 15 is 0 Å². The molecule has 0 aliphatic carbocycles. The third kappa shape index (κ3) is 4.03. The fourth-order valence-corrected chi connectivity index (χ4v) is 1.76. The van der Waals surface area contributed by atoms with Crippen LogP contribution in [0.15, 0.2) is 47.1 Å². The number of nitrogens with one attached hydrogen (secondary N) is 1. The molecule has 0 saturated carbocycles. The number of anilines is 1. The number of hydrogen-bond acceptors (Lipinski definition) is 3. The number of carbonyl (C=O) groups is 1. The van der Waals surface area contributed by atoms with Crippen LogP contribution in [0.25, 0.3) is 0 Å². The highest BCUT2D eigenvalue weighted by molar-refractivity contribution is 9.10. The van der Waals surface area contributed by atoms with Crippen molar-refractivity contribution in [1.82, 2.24) is 4.98 Å². The normalized spacial score (nSPS) is 10.0. The zero-order valence-electron chi connectivity index (χ0n) is 9.77. The number of rotatable bonds is 4. The van der Waals surface area contributed by atoms with Gasteiger partial charge in [-0.1, -0.05) is 18.2 Å². The maximum atomic E-state index is 12.8. The molecule has 2 aromatic rings. The molecule has 4 nitrogen and oxygen atoms in total. The molecule has 1 amide bonds. The Morgan fingerprint density at radius 1 is 1.37 bits per heavy atom. The van der Waals surface area contributed by atoms with Crippen LogP contribution in [0.1, 0.15) is 0 Å². The number of para-hydroxylation sites is 1. The minimum Gasteiger partial charge on any atom is -0.484 e. The fraction of sp³-hybridized carbons (Fsp3) is 0.0769. The van der Waals surface area contributed by atoms with Crippen LogP contribution >= 0.6 is 15.9 Å². The van der Waals surface area contributed by atoms with E-state index < -0.39 is 5.82 Å². The van der Waals surface area contributed by atoms with Crippen LogP contribution in [0.4, 0.5) is 10.2 Å². The molecule has 0 atom stereocenters. The zero-order valence-corrected chi connectivity index (χ0v) is 11.4. The summed E-state index contributed by atoms with van der Waals surface area (Å²) in [6.07, 6.45) is 1.03. The Bertz CT molecular complexity index is 578. The molecule has 0 spiro atoms. The molecule has 1 N–H and O–H groups in total. The third-order valence-corrected chi connectivity index (χ3v) is 2.78. The molecule has 1 heterocycles. The number of ether oxygens (including phenoxy) is 1. The molecule has 1 aromatic heterocycles. The molecule has 1 aromatic carbocycles. The van der Waals surface area contributed by atoms with Crippen molar-refractivity contribution in [2.24, 2.45) is 0 Å². The highest BCUT2D eigenvalue weighted by Gasteiger charge is 2.08. The van der Waals surface area contributed by atoms with Gasteiger partial charge in [0.2, 0.25) is 0 Å². The Hall–Kier alpha value is -1.95. The topological polar surface area (TPSA) is 51.2 Å². The number of halogens is 2. The van der Waals surface area contributed by atoms with Gasteiger partial charge >= 0.3 is 0 Å². The molecule has 0 saturated heterocycles. The summed E-state index contributed by atoms with van der Waals surface area (Å²) in [5.74, 6) is 0.000846. The number of aromatic nitrogens is 1. The summed E-state index contributed by atoms with van der Waals surface area (Å²) in [4.78, 5) is 15.4. The Balaban J connectivity index is 1.91. The maximum absolute atomic E-state index is 12.8. The van der Waals surface area contributed by atoms with Gasteiger partial charge in [-0.15, -0.1) is 0 Å². The first-order valence-electron chi connectivity index (χ1n) is 5.44. The van der Waals surface area contributed by atoms with Crippen LogP contribution in [0.2, 0.25) is 0 Å². The highest BCUT2D eigenvalue weighted by atomic mass is 79.9. The van der Waals surface area contributed by atoms with Crippen molar-refractivity contribution in [2.45, 2.75) is 0 Å². The molecular weight excluding hydrogens is 315 g/mol. The van der Waals surface area contributed by atoms with Crippen molar-refractivity contribution < 1.29 is 13.9 Å². The Morgan fingerprint density at radius 3 is 2.79 bits per heavy atom. The van der Waals surface area contributed by atoms with Crippen LogP contribution < -0.4 is 10.1 Å². The van der Waals surface area contributed by atoms with E-state index in [2.05, 4.69) is 26.2 Å². The van der Waals surface area contributed by atoms with Crippen molar-refractivity contribution in [3.63, 3.8) is 0 Å². The van der Waals surface area contributed by atoms with Crippen LogP contribution in [0.5, 0.6) is 5.75 Å². The first kappa shape index (κ1) is 13.5. The third-order valence-electron chi connectivity index (χ3n) is 2.18. The van der Waals surface area contributed by atoms with Gasteiger partial charge in [0.1, 0.15) is 17.4 Å². The second-order valence-corrected chi connectivity index (χ2v) is 4.49. The molecule has 2 rings (SSSR count). The van der Waals surface area contributed by atoms with Gasteiger partial charge in [-0.25, -0.2) is 9.37 Å². The van der Waals surface area contributed by atoms with Crippen molar-refractivity contribution in [2.75, 3.05) is 11.9 Å². The molecular formula is C13H10BrFN2O2. The Kier molecular flexibility index (Phi) is 4.46. The van der Waals surface area contributed by atoms with Crippen molar-refractivity contribution >= 4 is 27.7 Å². The average Bonchev–Trinajstić information content (AvgIpc) is 2.41. The summed E-state index contributed by atoms with van der Waals surface area (Å²) >= 11 is 3.11. The first-order valence-corrected chi connectivity index (χ1v) is 6.23. The maximum Gasteiger partial charge on any atom is 0.263 e. The number of pyridine rings is 1. The van der Waals surface area contributed by atoms with Crippen molar-refractivity contribution in [3.05, 3.63) is 52.9 Å². The lowest BCUT2D eigenvalue weighted by Crippen LogP contribution is -2.21. The number of amides is 1. The zero-order chi connectivity index (χ0) is 13.7. The first-order chi connectivity index (χ1) is 9.15. The largest absolute Gasteiger partial charge is 0.484 e. The standard InChI is InChI=1S/C13H10BrFN2O2/c14-11-6-9(15)7-16-13(11)17-12(18)8-19-10-4-2-1-3-5-10/h1-7H,8H2,(H,16,17,18). The van der Waals surface area contributed by atoms with Gasteiger partial charge in [0, 0.05) is 0 Å². The molecule has 0 radical (unpaired) electrons. The number of carbonyl (C=O) groups excluding carboxylic acids is 1. The van der Waals surface area contributed by atoms with E-state index in [1.165, 1.54) is 6.07 Å². The van der Waals surface area contributed by atoms with E-state index in [4.69, 9.17) is 4.74 Å². The van der Waals surface area contributed by atoms with Crippen molar-refractivity contribution in [3.8, 4) is 5.75 Å². The lowest BCUT2D eigenvalue weighted by atomic mass is 10.3. The second-order valence-electron chi connectivity index (χ2n) is 3.63. The van der Waals surface area contributed by atoms with Gasteiger partial charge in [-0.05, 0) is 34.1 Å². The predicted octanol–water partition coefficient (Wildman–Crippen LogP) is 3.00. The molecule has 0 fully saturated rings. The molecule has 0 bridgehead atoms. The van der Waals surface area contributed by atoms with Crippen LogP contribution in [-0.4, -0.2) is 17.5 Å². The average molecular weight is 325 g/mol. The summed E-state index contributed by atoms with van der Waals surface area (Å²) in [5, 5.41) is 2.52. The SMILES string of the molecule is O=C(COc1ccccc1)Nc1ncc(F)cc1Br. The minimum atomic E-state index is -0.481. The molecule has 0 aliphatic heterocycles. The van der Waals surface area contributed by atoms with E-state index in [1.54, 1.807) is 12.1 Å². The summed E-state index contributed by atoms with van der Waals surface area (Å²) < 4.78 is 18.5. The lowest BCUT2D eigenvalue weighted by molar-refractivity contribution is -0.118. The van der Waals surface area contributed by atoms with E-state index in [-0.39, 0.29) is 18.3 Å². The summed E-state index contributed by atoms with van der Waals surface area (Å²) in [6, 6.07) is 10.2. The number of benzene rings is 1. The van der Waals surface area contributed by atoms with E-state index in [0.717, 1.165) is 6.20 Å². The molecule has 19 heavy (non-hydrogen) atoms. The molecule has 0 unspecified atom stereocenters. The lowest BCUT2D eigenvalue weighted by Gasteiger charge is -2.08. The van der Waals surface area contributed by atoms with Crippen LogP contribution in [-0.2, 0) is 4.79 Å². The van der Waals surface area contributed by atoms with Gasteiger partial charge < -0.3 is 10.1 Å². The van der Waals surface area contributed by atoms with Crippen LogP contribution in [0, 0.1) is 5.82 Å². The second kappa shape index (κ2) is 6.29. The quantitative estimate of drug-likeness (QED) is 0.940. The fourth-order valence-electron chi connectivity index (χ4n) is 1.34. The monoisotopic (exact) mass is 324 g/mol. The van der Waals surface area contributed by atoms with Gasteiger partial charge in [-0.2, -0.15) is 0 Å². The smallest absolute Gasteiger partial charge is 0.263 e. The Morgan fingerprint density at radius 2 is 2.11 bits per heavy atom. The van der Waals surface area contributed by atoms with Gasteiger partial charge in [0.15, 0.2) is 6.61 Å². The molecule has 98 valence electrons. The van der Waals surface area contributed by atoms with Gasteiger partial charge in [-0.3, -0.25) is 4.79 Å². The summed E-state index contributed by atoms with van der Waals surface area (Å²) in [5.41, 5.74) is 0. The minimum absolute atomic E-state index is 0.143. The van der Waals surface area contributed by atoms with E-state index in [9.17, 15) is 9.18 Å². The van der Waals surface area contributed by atoms with E-state index in [0.29, 0.717) is 10.2 Å². The molecule has 0 aliphatic rings. The van der Waals surface area contributed by atoms with Gasteiger partial charge in [0.05, 0.1) is 10.7 Å². The highest BCUT2D eigenvalue weighted by Crippen LogP contribution is 2.20. The Labute approximate surface area is 117 Å². The number of nitrogens with zero attached hydrogens (tertiary/aromatic N) is 1.